The Hall–Kier alpha value is -3.89. The first kappa shape index (κ1) is 26.7. The van der Waals surface area contributed by atoms with Crippen LogP contribution >= 0.6 is 0 Å². The van der Waals surface area contributed by atoms with E-state index in [4.69, 9.17) is 4.42 Å². The molecule has 1 aromatic heterocycles. The Morgan fingerprint density at radius 1 is 0.974 bits per heavy atom. The molecule has 0 radical (unpaired) electrons. The number of benzene rings is 3. The van der Waals surface area contributed by atoms with Crippen LogP contribution in [0.3, 0.4) is 0 Å². The molecule has 1 atom stereocenters. The molecule has 1 amide bonds. The van der Waals surface area contributed by atoms with E-state index in [9.17, 15) is 26.4 Å². The molecule has 4 aromatic rings. The van der Waals surface area contributed by atoms with Crippen molar-refractivity contribution in [3.63, 3.8) is 0 Å². The van der Waals surface area contributed by atoms with Crippen molar-refractivity contribution in [2.24, 2.45) is 0 Å². The molecule has 5 rings (SSSR count). The van der Waals surface area contributed by atoms with Gasteiger partial charge >= 0.3 is 6.18 Å². The number of nitrogens with one attached hydrogen (secondary N) is 1. The zero-order valence-corrected chi connectivity index (χ0v) is 21.5. The van der Waals surface area contributed by atoms with E-state index in [2.05, 4.69) is 5.32 Å². The van der Waals surface area contributed by atoms with Crippen LogP contribution in [0.1, 0.15) is 35.1 Å². The number of hydrogen-bond donors (Lipinski definition) is 1. The Morgan fingerprint density at radius 2 is 1.72 bits per heavy atom. The first-order chi connectivity index (χ1) is 18.6. The fourth-order valence-corrected chi connectivity index (χ4v) is 6.19. The maximum Gasteiger partial charge on any atom is 0.416 e. The summed E-state index contributed by atoms with van der Waals surface area (Å²) in [4.78, 5) is 13.0. The van der Waals surface area contributed by atoms with Gasteiger partial charge in [-0.1, -0.05) is 60.7 Å². The third kappa shape index (κ3) is 5.91. The molecule has 2 heterocycles. The number of carbonyl (C=O) groups is 1. The normalized spacial score (nSPS) is 16.7. The highest BCUT2D eigenvalue weighted by molar-refractivity contribution is 7.89. The number of amides is 1. The maximum atomic E-state index is 13.3. The highest BCUT2D eigenvalue weighted by Crippen LogP contribution is 2.31. The summed E-state index contributed by atoms with van der Waals surface area (Å²) < 4.78 is 71.6. The number of alkyl halides is 3. The van der Waals surface area contributed by atoms with Crippen molar-refractivity contribution in [1.82, 2.24) is 9.62 Å². The smallest absolute Gasteiger partial charge is 0.416 e. The summed E-state index contributed by atoms with van der Waals surface area (Å²) in [5.41, 5.74) is 1.97. The number of nitrogens with zero attached hydrogens (tertiary/aromatic N) is 1. The third-order valence-corrected chi connectivity index (χ3v) is 8.36. The molecule has 1 fully saturated rings. The number of sulfonamides is 1. The van der Waals surface area contributed by atoms with Gasteiger partial charge in [-0.3, -0.25) is 4.79 Å². The van der Waals surface area contributed by atoms with E-state index in [-0.39, 0.29) is 18.2 Å². The van der Waals surface area contributed by atoms with Gasteiger partial charge in [0, 0.05) is 24.5 Å². The monoisotopic (exact) mass is 554 g/mol. The lowest BCUT2D eigenvalue weighted by Crippen LogP contribution is -2.45. The van der Waals surface area contributed by atoms with Gasteiger partial charge in [-0.05, 0) is 53.8 Å². The van der Waals surface area contributed by atoms with Crippen molar-refractivity contribution >= 4 is 39.1 Å². The SMILES string of the molecule is O=C(NCc1cccc(/C=C/c2ccc(C(F)(F)F)cc2)c1)[C@@H]1CCCN1S(=O)(=O)c1cc2ccccc2o1. The van der Waals surface area contributed by atoms with Crippen molar-refractivity contribution in [2.75, 3.05) is 6.54 Å². The minimum Gasteiger partial charge on any atom is -0.443 e. The fraction of sp³-hybridized carbons (Fsp3) is 0.207. The number of para-hydroxylation sites is 1. The lowest BCUT2D eigenvalue weighted by Gasteiger charge is -2.22. The zero-order chi connectivity index (χ0) is 27.6. The number of rotatable bonds is 7. The van der Waals surface area contributed by atoms with E-state index in [1.54, 1.807) is 36.4 Å². The standard InChI is InChI=1S/C29H25F3N2O4S/c30-29(31,32)24-14-12-20(13-15-24)10-11-21-5-3-6-22(17-21)19-33-28(35)25-8-4-16-34(25)39(36,37)27-18-23-7-1-2-9-26(23)38-27/h1-3,5-7,9-15,17-18,25H,4,8,16,19H2,(H,33,35)/b11-10+/t25-/m0/s1. The van der Waals surface area contributed by atoms with Crippen LogP contribution < -0.4 is 5.32 Å². The van der Waals surface area contributed by atoms with Crippen molar-refractivity contribution in [1.29, 1.82) is 0 Å². The van der Waals surface area contributed by atoms with Crippen molar-refractivity contribution < 1.29 is 30.8 Å². The van der Waals surface area contributed by atoms with Gasteiger partial charge in [0.05, 0.1) is 5.56 Å². The van der Waals surface area contributed by atoms with Crippen LogP contribution in [0, 0.1) is 0 Å². The second-order valence-corrected chi connectivity index (χ2v) is 11.1. The van der Waals surface area contributed by atoms with Gasteiger partial charge in [-0.15, -0.1) is 0 Å². The molecule has 202 valence electrons. The summed E-state index contributed by atoms with van der Waals surface area (Å²) in [6.45, 7) is 0.414. The number of carbonyl (C=O) groups excluding carboxylic acids is 1. The minimum absolute atomic E-state index is 0.184. The second kappa shape index (κ2) is 10.7. The third-order valence-electron chi connectivity index (χ3n) is 6.60. The Labute approximate surface area is 223 Å². The van der Waals surface area contributed by atoms with E-state index in [0.717, 1.165) is 23.3 Å². The molecule has 0 spiro atoms. The molecule has 10 heteroatoms. The number of fused-ring (bicyclic) bond motifs is 1. The summed E-state index contributed by atoms with van der Waals surface area (Å²) in [5.74, 6) is -0.391. The second-order valence-electron chi connectivity index (χ2n) is 9.29. The lowest BCUT2D eigenvalue weighted by molar-refractivity contribution is -0.137. The maximum absolute atomic E-state index is 13.3. The van der Waals surface area contributed by atoms with Gasteiger partial charge in [0.15, 0.2) is 0 Å². The van der Waals surface area contributed by atoms with E-state index in [0.29, 0.717) is 29.4 Å². The Kier molecular flexibility index (Phi) is 7.33. The summed E-state index contributed by atoms with van der Waals surface area (Å²) in [6, 6.07) is 19.8. The molecular weight excluding hydrogens is 529 g/mol. The van der Waals surface area contributed by atoms with Gasteiger partial charge in [-0.2, -0.15) is 17.5 Å². The van der Waals surface area contributed by atoms with Crippen LogP contribution in [0.2, 0.25) is 0 Å². The average molecular weight is 555 g/mol. The van der Waals surface area contributed by atoms with E-state index >= 15 is 0 Å². The summed E-state index contributed by atoms with van der Waals surface area (Å²) >= 11 is 0. The molecule has 1 saturated heterocycles. The topological polar surface area (TPSA) is 79.6 Å². The predicted octanol–water partition coefficient (Wildman–Crippen LogP) is 6.09. The van der Waals surface area contributed by atoms with Gasteiger partial charge in [0.1, 0.15) is 11.6 Å². The van der Waals surface area contributed by atoms with Crippen molar-refractivity contribution in [2.45, 2.75) is 36.7 Å². The molecule has 0 unspecified atom stereocenters. The van der Waals surface area contributed by atoms with Crippen LogP contribution in [0.4, 0.5) is 13.2 Å². The molecule has 1 N–H and O–H groups in total. The van der Waals surface area contributed by atoms with Gasteiger partial charge in [-0.25, -0.2) is 8.42 Å². The lowest BCUT2D eigenvalue weighted by atomic mass is 10.1. The highest BCUT2D eigenvalue weighted by Gasteiger charge is 2.41. The minimum atomic E-state index is -4.38. The zero-order valence-electron chi connectivity index (χ0n) is 20.7. The largest absolute Gasteiger partial charge is 0.443 e. The van der Waals surface area contributed by atoms with Gasteiger partial charge in [0.2, 0.25) is 11.0 Å². The van der Waals surface area contributed by atoms with Gasteiger partial charge in [0.25, 0.3) is 10.0 Å². The first-order valence-electron chi connectivity index (χ1n) is 12.3. The molecule has 0 saturated carbocycles. The van der Waals surface area contributed by atoms with Crippen molar-refractivity contribution in [3.05, 3.63) is 101 Å². The number of halogens is 3. The molecule has 0 bridgehead atoms. The molecular formula is C29H25F3N2O4S. The number of hydrogen-bond acceptors (Lipinski definition) is 4. The summed E-state index contributed by atoms with van der Waals surface area (Å²) in [5, 5.41) is 3.32. The van der Waals surface area contributed by atoms with E-state index in [1.807, 2.05) is 24.3 Å². The van der Waals surface area contributed by atoms with Crippen molar-refractivity contribution in [3.8, 4) is 0 Å². The molecule has 1 aliphatic heterocycles. The van der Waals surface area contributed by atoms with E-state index in [1.165, 1.54) is 22.5 Å². The Bertz CT molecular complexity index is 1590. The molecule has 0 aliphatic carbocycles. The van der Waals surface area contributed by atoms with Crippen LogP contribution in [0.5, 0.6) is 0 Å². The summed E-state index contributed by atoms with van der Waals surface area (Å²) in [6.07, 6.45) is 0.0564. The van der Waals surface area contributed by atoms with Gasteiger partial charge < -0.3 is 9.73 Å². The quantitative estimate of drug-likeness (QED) is 0.281. The Morgan fingerprint density at radius 3 is 2.46 bits per heavy atom. The van der Waals surface area contributed by atoms with Crippen LogP contribution in [0.25, 0.3) is 23.1 Å². The number of furan rings is 1. The molecule has 3 aromatic carbocycles. The Balaban J connectivity index is 1.23. The van der Waals surface area contributed by atoms with Crippen LogP contribution in [-0.4, -0.2) is 31.2 Å². The fourth-order valence-electron chi connectivity index (χ4n) is 4.58. The molecule has 6 nitrogen and oxygen atoms in total. The highest BCUT2D eigenvalue weighted by atomic mass is 32.2. The van der Waals surface area contributed by atoms with Crippen LogP contribution in [0.15, 0.2) is 88.4 Å². The molecule has 1 aliphatic rings. The average Bonchev–Trinajstić information content (AvgIpc) is 3.59. The predicted molar refractivity (Wildman–Crippen MR) is 142 cm³/mol. The van der Waals surface area contributed by atoms with E-state index < -0.39 is 33.7 Å². The summed E-state index contributed by atoms with van der Waals surface area (Å²) in [7, 11) is -3.99. The molecule has 39 heavy (non-hydrogen) atoms. The van der Waals surface area contributed by atoms with Crippen LogP contribution in [-0.2, 0) is 27.5 Å². The first-order valence-corrected chi connectivity index (χ1v) is 13.8.